The summed E-state index contributed by atoms with van der Waals surface area (Å²) in [5.74, 6) is 0.471. The Labute approximate surface area is 116 Å². The summed E-state index contributed by atoms with van der Waals surface area (Å²) in [7, 11) is 0. The van der Waals surface area contributed by atoms with Crippen LogP contribution < -0.4 is 15.5 Å². The second-order valence-corrected chi connectivity index (χ2v) is 5.34. The average Bonchev–Trinajstić information content (AvgIpc) is 2.79. The number of nitrogens with zero attached hydrogens (tertiary/aromatic N) is 3. The Kier molecular flexibility index (Phi) is 3.04. The molecule has 7 heteroatoms. The first-order valence-corrected chi connectivity index (χ1v) is 6.77. The van der Waals surface area contributed by atoms with Crippen LogP contribution in [0.1, 0.15) is 41.5 Å². The highest BCUT2D eigenvalue weighted by Crippen LogP contribution is 2.26. The summed E-state index contributed by atoms with van der Waals surface area (Å²) in [5.41, 5.74) is 2.22. The van der Waals surface area contributed by atoms with Crippen molar-refractivity contribution in [3.63, 3.8) is 0 Å². The molecule has 0 atom stereocenters. The van der Waals surface area contributed by atoms with Crippen molar-refractivity contribution in [2.45, 2.75) is 26.3 Å². The second kappa shape index (κ2) is 4.73. The minimum atomic E-state index is -0.160. The highest BCUT2D eigenvalue weighted by atomic mass is 16.2. The van der Waals surface area contributed by atoms with Crippen LogP contribution in [0, 0.1) is 0 Å². The summed E-state index contributed by atoms with van der Waals surface area (Å²) in [4.78, 5) is 34.1. The van der Waals surface area contributed by atoms with Gasteiger partial charge in [-0.1, -0.05) is 13.8 Å². The molecule has 0 spiro atoms. The maximum atomic E-state index is 11.8. The van der Waals surface area contributed by atoms with Crippen LogP contribution >= 0.6 is 0 Å². The van der Waals surface area contributed by atoms with Gasteiger partial charge in [0.15, 0.2) is 0 Å². The van der Waals surface area contributed by atoms with Gasteiger partial charge in [-0.3, -0.25) is 9.59 Å². The zero-order chi connectivity index (χ0) is 14.3. The molecule has 7 nitrogen and oxygen atoms in total. The Hall–Kier alpha value is -2.18. The van der Waals surface area contributed by atoms with Crippen molar-refractivity contribution in [3.8, 4) is 0 Å². The summed E-state index contributed by atoms with van der Waals surface area (Å²) < 4.78 is 0. The average molecular weight is 275 g/mol. The zero-order valence-corrected chi connectivity index (χ0v) is 11.6. The van der Waals surface area contributed by atoms with Crippen LogP contribution in [-0.2, 0) is 11.3 Å². The van der Waals surface area contributed by atoms with E-state index in [1.807, 2.05) is 18.7 Å². The lowest BCUT2D eigenvalue weighted by molar-refractivity contribution is -0.120. The number of amides is 2. The van der Waals surface area contributed by atoms with Crippen molar-refractivity contribution in [2.75, 3.05) is 24.5 Å². The van der Waals surface area contributed by atoms with E-state index in [9.17, 15) is 9.59 Å². The molecule has 0 unspecified atom stereocenters. The maximum Gasteiger partial charge on any atom is 0.270 e. The van der Waals surface area contributed by atoms with Gasteiger partial charge in [0.05, 0.1) is 12.2 Å². The van der Waals surface area contributed by atoms with Crippen LogP contribution in [0.2, 0.25) is 0 Å². The van der Waals surface area contributed by atoms with Crippen molar-refractivity contribution >= 4 is 17.8 Å². The Balaban J connectivity index is 2.04. The van der Waals surface area contributed by atoms with Crippen molar-refractivity contribution < 1.29 is 9.59 Å². The van der Waals surface area contributed by atoms with Gasteiger partial charge in [0.25, 0.3) is 5.91 Å². The lowest BCUT2D eigenvalue weighted by atomic mass is 10.0. The molecule has 1 aromatic heterocycles. The molecule has 3 rings (SSSR count). The van der Waals surface area contributed by atoms with Crippen molar-refractivity contribution in [3.05, 3.63) is 17.0 Å². The molecule has 3 heterocycles. The number of piperazine rings is 1. The summed E-state index contributed by atoms with van der Waals surface area (Å²) in [6.45, 7) is 6.03. The highest BCUT2D eigenvalue weighted by molar-refractivity contribution is 5.97. The topological polar surface area (TPSA) is 87.2 Å². The molecule has 0 saturated carbocycles. The smallest absolute Gasteiger partial charge is 0.270 e. The van der Waals surface area contributed by atoms with E-state index in [-0.39, 0.29) is 24.3 Å². The third-order valence-corrected chi connectivity index (χ3v) is 3.54. The standard InChI is InChI=1S/C13H17N5O2/c1-7(2)10-8-5-15-12(20)11(8)17-13(16-10)18-4-3-14-9(19)6-18/h7H,3-6H2,1-2H3,(H,14,19)(H,15,20). The van der Waals surface area contributed by atoms with Crippen LogP contribution in [0.4, 0.5) is 5.95 Å². The van der Waals surface area contributed by atoms with Crippen LogP contribution in [0.5, 0.6) is 0 Å². The van der Waals surface area contributed by atoms with E-state index in [2.05, 4.69) is 20.6 Å². The Morgan fingerprint density at radius 1 is 1.20 bits per heavy atom. The summed E-state index contributed by atoms with van der Waals surface area (Å²) >= 11 is 0. The minimum Gasteiger partial charge on any atom is -0.353 e. The first-order valence-electron chi connectivity index (χ1n) is 6.77. The molecule has 1 saturated heterocycles. The molecule has 1 aromatic rings. The zero-order valence-electron chi connectivity index (χ0n) is 11.6. The number of carbonyl (C=O) groups excluding carboxylic acids is 2. The third kappa shape index (κ3) is 2.09. The summed E-state index contributed by atoms with van der Waals surface area (Å²) in [6.07, 6.45) is 0. The molecular weight excluding hydrogens is 258 g/mol. The number of aromatic nitrogens is 2. The van der Waals surface area contributed by atoms with Crippen molar-refractivity contribution in [1.29, 1.82) is 0 Å². The summed E-state index contributed by atoms with van der Waals surface area (Å²) in [5, 5.41) is 5.54. The largest absolute Gasteiger partial charge is 0.353 e. The van der Waals surface area contributed by atoms with E-state index in [1.54, 1.807) is 0 Å². The number of anilines is 1. The first kappa shape index (κ1) is 12.8. The number of fused-ring (bicyclic) bond motifs is 1. The molecule has 1 fully saturated rings. The van der Waals surface area contributed by atoms with Crippen LogP contribution in [0.15, 0.2) is 0 Å². The molecule has 0 radical (unpaired) electrons. The maximum absolute atomic E-state index is 11.8. The van der Waals surface area contributed by atoms with Crippen molar-refractivity contribution in [1.82, 2.24) is 20.6 Å². The molecule has 2 N–H and O–H groups in total. The van der Waals surface area contributed by atoms with Gasteiger partial charge in [-0.05, 0) is 5.92 Å². The van der Waals surface area contributed by atoms with Gasteiger partial charge in [-0.2, -0.15) is 0 Å². The Bertz CT molecular complexity index is 584. The quantitative estimate of drug-likeness (QED) is 0.779. The Morgan fingerprint density at radius 3 is 2.70 bits per heavy atom. The van der Waals surface area contributed by atoms with Gasteiger partial charge in [0.1, 0.15) is 5.69 Å². The lowest BCUT2D eigenvalue weighted by Gasteiger charge is -2.27. The number of hydrogen-bond donors (Lipinski definition) is 2. The van der Waals surface area contributed by atoms with Gasteiger partial charge in [-0.25, -0.2) is 9.97 Å². The van der Waals surface area contributed by atoms with Gasteiger partial charge < -0.3 is 15.5 Å². The summed E-state index contributed by atoms with van der Waals surface area (Å²) in [6, 6.07) is 0. The third-order valence-electron chi connectivity index (χ3n) is 3.54. The van der Waals surface area contributed by atoms with E-state index in [0.29, 0.717) is 31.3 Å². The van der Waals surface area contributed by atoms with Crippen molar-refractivity contribution in [2.24, 2.45) is 0 Å². The molecule has 20 heavy (non-hydrogen) atoms. The SMILES string of the molecule is CC(C)c1nc(N2CCNC(=O)C2)nc2c1CNC2=O. The number of carbonyl (C=O) groups is 2. The molecule has 106 valence electrons. The van der Waals surface area contributed by atoms with E-state index in [4.69, 9.17) is 0 Å². The minimum absolute atomic E-state index is 0.0455. The van der Waals surface area contributed by atoms with Gasteiger partial charge in [-0.15, -0.1) is 0 Å². The monoisotopic (exact) mass is 275 g/mol. The second-order valence-electron chi connectivity index (χ2n) is 5.34. The normalized spacial score (nSPS) is 18.1. The predicted molar refractivity (Wildman–Crippen MR) is 72.5 cm³/mol. The number of rotatable bonds is 2. The first-order chi connectivity index (χ1) is 9.56. The molecular formula is C13H17N5O2. The van der Waals surface area contributed by atoms with Crippen LogP contribution in [0.25, 0.3) is 0 Å². The number of hydrogen-bond acceptors (Lipinski definition) is 5. The van der Waals surface area contributed by atoms with Gasteiger partial charge in [0.2, 0.25) is 11.9 Å². The van der Waals surface area contributed by atoms with E-state index in [1.165, 1.54) is 0 Å². The molecule has 0 aromatic carbocycles. The lowest BCUT2D eigenvalue weighted by Crippen LogP contribution is -2.48. The Morgan fingerprint density at radius 2 is 2.00 bits per heavy atom. The molecule has 2 aliphatic rings. The highest BCUT2D eigenvalue weighted by Gasteiger charge is 2.29. The molecule has 2 aliphatic heterocycles. The van der Waals surface area contributed by atoms with Crippen LogP contribution in [0.3, 0.4) is 0 Å². The van der Waals surface area contributed by atoms with E-state index >= 15 is 0 Å². The fourth-order valence-electron chi connectivity index (χ4n) is 2.53. The van der Waals surface area contributed by atoms with Crippen LogP contribution in [-0.4, -0.2) is 41.4 Å². The molecule has 2 amide bonds. The number of nitrogens with one attached hydrogen (secondary N) is 2. The predicted octanol–water partition coefficient (Wildman–Crippen LogP) is -0.220. The fourth-order valence-corrected chi connectivity index (χ4v) is 2.53. The molecule has 0 aliphatic carbocycles. The van der Waals surface area contributed by atoms with Gasteiger partial charge in [0, 0.05) is 25.2 Å². The van der Waals surface area contributed by atoms with E-state index < -0.39 is 0 Å². The van der Waals surface area contributed by atoms with Gasteiger partial charge >= 0.3 is 0 Å². The van der Waals surface area contributed by atoms with E-state index in [0.717, 1.165) is 11.3 Å². The molecule has 0 bridgehead atoms. The fraction of sp³-hybridized carbons (Fsp3) is 0.538.